The van der Waals surface area contributed by atoms with Crippen molar-refractivity contribution in [3.63, 3.8) is 0 Å². The lowest BCUT2D eigenvalue weighted by Gasteiger charge is -2.47. The first-order valence-corrected chi connectivity index (χ1v) is 5.99. The van der Waals surface area contributed by atoms with Gasteiger partial charge in [-0.2, -0.15) is 0 Å². The standard InChI is InChI=1S/C12H25NO5/c1-13(2)9-11(16-5)10(15-4)8(7-14-3)18-12(9)17-6/h8-12H,7H2,1-6H3. The third kappa shape index (κ3) is 3.20. The SMILES string of the molecule is COCC1OC(OC)C(N(C)C)C(OC)C1OC. The number of likely N-dealkylation sites (N-methyl/N-ethyl adjacent to an activating group) is 1. The van der Waals surface area contributed by atoms with E-state index in [4.69, 9.17) is 23.7 Å². The van der Waals surface area contributed by atoms with Crippen LogP contribution in [0.2, 0.25) is 0 Å². The van der Waals surface area contributed by atoms with Crippen molar-refractivity contribution in [2.24, 2.45) is 0 Å². The van der Waals surface area contributed by atoms with E-state index in [1.807, 2.05) is 19.0 Å². The van der Waals surface area contributed by atoms with E-state index in [2.05, 4.69) is 0 Å². The fraction of sp³-hybridized carbons (Fsp3) is 1.00. The van der Waals surface area contributed by atoms with Gasteiger partial charge in [-0.15, -0.1) is 0 Å². The quantitative estimate of drug-likeness (QED) is 0.670. The molecule has 0 aromatic heterocycles. The van der Waals surface area contributed by atoms with Gasteiger partial charge in [0.2, 0.25) is 0 Å². The van der Waals surface area contributed by atoms with Gasteiger partial charge < -0.3 is 23.7 Å². The molecule has 1 fully saturated rings. The molecule has 1 heterocycles. The Hall–Kier alpha value is -0.240. The van der Waals surface area contributed by atoms with E-state index in [-0.39, 0.29) is 30.6 Å². The highest BCUT2D eigenvalue weighted by Crippen LogP contribution is 2.28. The third-order valence-electron chi connectivity index (χ3n) is 3.32. The molecule has 0 aromatic rings. The molecular weight excluding hydrogens is 238 g/mol. The summed E-state index contributed by atoms with van der Waals surface area (Å²) in [6.07, 6.45) is -0.889. The van der Waals surface area contributed by atoms with Crippen molar-refractivity contribution < 1.29 is 23.7 Å². The van der Waals surface area contributed by atoms with Crippen LogP contribution in [0.4, 0.5) is 0 Å². The topological polar surface area (TPSA) is 49.4 Å². The lowest BCUT2D eigenvalue weighted by Crippen LogP contribution is -2.64. The molecule has 0 radical (unpaired) electrons. The molecule has 0 aliphatic carbocycles. The molecule has 0 saturated carbocycles. The van der Waals surface area contributed by atoms with Crippen LogP contribution in [0.1, 0.15) is 0 Å². The van der Waals surface area contributed by atoms with Crippen LogP contribution in [-0.2, 0) is 23.7 Å². The highest BCUT2D eigenvalue weighted by Gasteiger charge is 2.47. The number of nitrogens with zero attached hydrogens (tertiary/aromatic N) is 1. The minimum atomic E-state index is -0.364. The summed E-state index contributed by atoms with van der Waals surface area (Å²) >= 11 is 0. The van der Waals surface area contributed by atoms with Crippen molar-refractivity contribution in [3.05, 3.63) is 0 Å². The third-order valence-corrected chi connectivity index (χ3v) is 3.32. The van der Waals surface area contributed by atoms with Gasteiger partial charge >= 0.3 is 0 Å². The number of hydrogen-bond donors (Lipinski definition) is 0. The Labute approximate surface area is 109 Å². The van der Waals surface area contributed by atoms with E-state index in [0.717, 1.165) is 0 Å². The number of hydrogen-bond acceptors (Lipinski definition) is 6. The molecule has 0 bridgehead atoms. The van der Waals surface area contributed by atoms with Gasteiger partial charge in [0.1, 0.15) is 18.3 Å². The first-order chi connectivity index (χ1) is 8.60. The Morgan fingerprint density at radius 3 is 1.94 bits per heavy atom. The fourth-order valence-corrected chi connectivity index (χ4v) is 2.48. The van der Waals surface area contributed by atoms with Crippen LogP contribution < -0.4 is 0 Å². The van der Waals surface area contributed by atoms with Gasteiger partial charge in [-0.05, 0) is 14.1 Å². The monoisotopic (exact) mass is 263 g/mol. The highest BCUT2D eigenvalue weighted by molar-refractivity contribution is 4.95. The Balaban J connectivity index is 2.93. The van der Waals surface area contributed by atoms with E-state index in [1.165, 1.54) is 0 Å². The van der Waals surface area contributed by atoms with Crippen molar-refractivity contribution in [1.82, 2.24) is 4.90 Å². The molecule has 5 atom stereocenters. The Kier molecular flexibility index (Phi) is 6.48. The molecule has 0 N–H and O–H groups in total. The largest absolute Gasteiger partial charge is 0.382 e. The molecule has 6 heteroatoms. The van der Waals surface area contributed by atoms with Crippen molar-refractivity contribution >= 4 is 0 Å². The number of methoxy groups -OCH3 is 4. The molecule has 1 aliphatic rings. The van der Waals surface area contributed by atoms with E-state index in [0.29, 0.717) is 6.61 Å². The minimum absolute atomic E-state index is 0.0296. The average molecular weight is 263 g/mol. The van der Waals surface area contributed by atoms with Crippen molar-refractivity contribution in [2.75, 3.05) is 49.1 Å². The first-order valence-electron chi connectivity index (χ1n) is 5.99. The first kappa shape index (κ1) is 15.8. The lowest BCUT2D eigenvalue weighted by molar-refractivity contribution is -0.286. The zero-order valence-electron chi connectivity index (χ0n) is 12.1. The molecule has 6 nitrogen and oxygen atoms in total. The predicted molar refractivity (Wildman–Crippen MR) is 66.6 cm³/mol. The zero-order valence-corrected chi connectivity index (χ0v) is 12.1. The molecule has 18 heavy (non-hydrogen) atoms. The van der Waals surface area contributed by atoms with Crippen molar-refractivity contribution in [2.45, 2.75) is 30.6 Å². The predicted octanol–water partition coefficient (Wildman–Crippen LogP) is -0.0357. The van der Waals surface area contributed by atoms with E-state index in [1.54, 1.807) is 28.4 Å². The summed E-state index contributed by atoms with van der Waals surface area (Å²) < 4.78 is 27.6. The molecular formula is C12H25NO5. The normalized spacial score (nSPS) is 37.2. The summed E-state index contributed by atoms with van der Waals surface area (Å²) in [5.41, 5.74) is 0. The zero-order chi connectivity index (χ0) is 13.7. The summed E-state index contributed by atoms with van der Waals surface area (Å²) in [4.78, 5) is 2.03. The maximum atomic E-state index is 5.89. The number of rotatable bonds is 6. The van der Waals surface area contributed by atoms with Crippen LogP contribution >= 0.6 is 0 Å². The minimum Gasteiger partial charge on any atom is -0.382 e. The second kappa shape index (κ2) is 7.37. The molecule has 1 saturated heterocycles. The second-order valence-electron chi connectivity index (χ2n) is 4.59. The number of ether oxygens (including phenoxy) is 5. The van der Waals surface area contributed by atoms with Gasteiger partial charge in [-0.25, -0.2) is 0 Å². The Morgan fingerprint density at radius 1 is 0.944 bits per heavy atom. The smallest absolute Gasteiger partial charge is 0.175 e. The van der Waals surface area contributed by atoms with Gasteiger partial charge in [0.15, 0.2) is 6.29 Å². The van der Waals surface area contributed by atoms with Crippen LogP contribution in [0, 0.1) is 0 Å². The maximum absolute atomic E-state index is 5.89. The average Bonchev–Trinajstić information content (AvgIpc) is 2.36. The summed E-state index contributed by atoms with van der Waals surface area (Å²) in [6, 6.07) is -0.0296. The Morgan fingerprint density at radius 2 is 1.56 bits per heavy atom. The molecule has 0 amide bonds. The van der Waals surface area contributed by atoms with Gasteiger partial charge in [-0.3, -0.25) is 4.90 Å². The summed E-state index contributed by atoms with van der Waals surface area (Å²) in [5.74, 6) is 0. The summed E-state index contributed by atoms with van der Waals surface area (Å²) in [7, 11) is 10.5. The summed E-state index contributed by atoms with van der Waals surface area (Å²) in [5, 5.41) is 0. The van der Waals surface area contributed by atoms with Crippen molar-refractivity contribution in [3.8, 4) is 0 Å². The van der Waals surface area contributed by atoms with E-state index < -0.39 is 0 Å². The second-order valence-corrected chi connectivity index (χ2v) is 4.59. The molecule has 0 spiro atoms. The van der Waals surface area contributed by atoms with Gasteiger partial charge in [0.25, 0.3) is 0 Å². The fourth-order valence-electron chi connectivity index (χ4n) is 2.48. The van der Waals surface area contributed by atoms with Crippen LogP contribution in [0.15, 0.2) is 0 Å². The highest BCUT2D eigenvalue weighted by atomic mass is 16.7. The van der Waals surface area contributed by atoms with Crippen LogP contribution in [0.25, 0.3) is 0 Å². The van der Waals surface area contributed by atoms with Gasteiger partial charge in [0.05, 0.1) is 12.6 Å². The van der Waals surface area contributed by atoms with E-state index in [9.17, 15) is 0 Å². The molecule has 0 aromatic carbocycles. The maximum Gasteiger partial charge on any atom is 0.175 e. The molecule has 1 rings (SSSR count). The lowest BCUT2D eigenvalue weighted by atomic mass is 9.95. The molecule has 5 unspecified atom stereocenters. The Bertz CT molecular complexity index is 239. The van der Waals surface area contributed by atoms with Crippen LogP contribution in [0.3, 0.4) is 0 Å². The summed E-state index contributed by atoms with van der Waals surface area (Å²) in [6.45, 7) is 0.443. The molecule has 108 valence electrons. The van der Waals surface area contributed by atoms with Gasteiger partial charge in [-0.1, -0.05) is 0 Å². The molecule has 1 aliphatic heterocycles. The van der Waals surface area contributed by atoms with Gasteiger partial charge in [0, 0.05) is 28.4 Å². The van der Waals surface area contributed by atoms with Crippen LogP contribution in [0.5, 0.6) is 0 Å². The van der Waals surface area contributed by atoms with E-state index >= 15 is 0 Å². The van der Waals surface area contributed by atoms with Crippen molar-refractivity contribution in [1.29, 1.82) is 0 Å². The van der Waals surface area contributed by atoms with Crippen LogP contribution in [-0.4, -0.2) is 84.7 Å².